The van der Waals surface area contributed by atoms with Crippen molar-refractivity contribution < 1.29 is 23.0 Å². The number of alkyl halides is 3. The normalized spacial score (nSPS) is 17.2. The molecule has 0 amide bonds. The van der Waals surface area contributed by atoms with Crippen LogP contribution in [-0.4, -0.2) is 61.1 Å². The highest BCUT2D eigenvalue weighted by Gasteiger charge is 2.31. The number of nitrogens with one attached hydrogen (secondary N) is 2. The highest BCUT2D eigenvalue weighted by molar-refractivity contribution is 14.0. The number of aliphatic hydroxyl groups excluding tert-OH is 1. The molecule has 1 heterocycles. The summed E-state index contributed by atoms with van der Waals surface area (Å²) in [5.74, 6) is 0.318. The molecule has 10 heteroatoms. The molecule has 1 aromatic rings. The van der Waals surface area contributed by atoms with Crippen LogP contribution in [0.25, 0.3) is 0 Å². The Morgan fingerprint density at radius 2 is 1.87 bits per heavy atom. The summed E-state index contributed by atoms with van der Waals surface area (Å²) >= 11 is 0. The number of halogens is 4. The largest absolute Gasteiger partial charge is 0.573 e. The second-order valence-electron chi connectivity index (χ2n) is 7.11. The van der Waals surface area contributed by atoms with Crippen molar-refractivity contribution in [3.05, 3.63) is 29.8 Å². The van der Waals surface area contributed by atoms with E-state index in [1.165, 1.54) is 24.3 Å². The van der Waals surface area contributed by atoms with Crippen LogP contribution in [0.15, 0.2) is 29.3 Å². The van der Waals surface area contributed by atoms with Crippen LogP contribution in [0.4, 0.5) is 13.2 Å². The average molecular weight is 544 g/mol. The molecule has 172 valence electrons. The molecule has 0 saturated carbocycles. The van der Waals surface area contributed by atoms with Gasteiger partial charge in [-0.15, -0.1) is 37.1 Å². The third-order valence-electron chi connectivity index (χ3n) is 4.73. The number of rotatable bonds is 8. The Hall–Kier alpha value is -1.27. The Bertz CT molecular complexity index is 636. The van der Waals surface area contributed by atoms with Crippen molar-refractivity contribution in [3.8, 4) is 5.75 Å². The quantitative estimate of drug-likeness (QED) is 0.265. The average Bonchev–Trinajstić information content (AvgIpc) is 2.67. The zero-order valence-electron chi connectivity index (χ0n) is 17.4. The van der Waals surface area contributed by atoms with Crippen molar-refractivity contribution in [1.82, 2.24) is 15.5 Å². The molecule has 0 bridgehead atoms. The molecule has 0 aromatic heterocycles. The first-order valence-corrected chi connectivity index (χ1v) is 10.1. The smallest absolute Gasteiger partial charge is 0.406 e. The molecule has 30 heavy (non-hydrogen) atoms. The van der Waals surface area contributed by atoms with E-state index in [2.05, 4.69) is 32.2 Å². The fourth-order valence-electron chi connectivity index (χ4n) is 3.31. The maximum Gasteiger partial charge on any atom is 0.573 e. The lowest BCUT2D eigenvalue weighted by Gasteiger charge is -2.32. The number of aliphatic imine (C=N–C) groups is 1. The van der Waals surface area contributed by atoms with Crippen LogP contribution in [0.2, 0.25) is 0 Å². The van der Waals surface area contributed by atoms with Crippen molar-refractivity contribution in [2.75, 3.05) is 32.7 Å². The number of guanidine groups is 1. The first kappa shape index (κ1) is 26.8. The van der Waals surface area contributed by atoms with Gasteiger partial charge >= 0.3 is 6.36 Å². The van der Waals surface area contributed by atoms with Crippen LogP contribution in [0, 0.1) is 0 Å². The Morgan fingerprint density at radius 3 is 2.40 bits per heavy atom. The van der Waals surface area contributed by atoms with Crippen LogP contribution in [-0.2, 0) is 0 Å². The standard InChI is InChI=1S/C20H31F3N4O2.HI/c1-3-11-27-12-9-16(10-13-27)26-19(24-4-2)25-14-18(28)15-5-7-17(8-6-15)29-20(21,22)23;/h5-8,16,18,28H,3-4,9-14H2,1-2H3,(H2,24,25,26);1H. The predicted molar refractivity (Wildman–Crippen MR) is 122 cm³/mol. The van der Waals surface area contributed by atoms with E-state index in [0.717, 1.165) is 38.9 Å². The molecule has 0 spiro atoms. The summed E-state index contributed by atoms with van der Waals surface area (Å²) in [4.78, 5) is 6.90. The van der Waals surface area contributed by atoms with Gasteiger partial charge in [0.2, 0.25) is 0 Å². The number of benzene rings is 1. The Kier molecular flexibility index (Phi) is 11.8. The topological polar surface area (TPSA) is 69.1 Å². The van der Waals surface area contributed by atoms with E-state index in [9.17, 15) is 18.3 Å². The molecule has 1 saturated heterocycles. The molecular weight excluding hydrogens is 512 g/mol. The predicted octanol–water partition coefficient (Wildman–Crippen LogP) is 3.67. The van der Waals surface area contributed by atoms with Gasteiger partial charge in [-0.2, -0.15) is 0 Å². The minimum Gasteiger partial charge on any atom is -0.406 e. The summed E-state index contributed by atoms with van der Waals surface area (Å²) in [6.07, 6.45) is -2.43. The lowest BCUT2D eigenvalue weighted by atomic mass is 10.1. The van der Waals surface area contributed by atoms with E-state index in [1.54, 1.807) is 0 Å². The Labute approximate surface area is 193 Å². The van der Waals surface area contributed by atoms with Crippen molar-refractivity contribution in [1.29, 1.82) is 0 Å². The zero-order chi connectivity index (χ0) is 21.3. The molecule has 2 rings (SSSR count). The lowest BCUT2D eigenvalue weighted by Crippen LogP contribution is -2.48. The van der Waals surface area contributed by atoms with Gasteiger partial charge in [-0.1, -0.05) is 19.1 Å². The highest BCUT2D eigenvalue weighted by Crippen LogP contribution is 2.24. The Balaban J connectivity index is 0.00000450. The van der Waals surface area contributed by atoms with Crippen molar-refractivity contribution >= 4 is 29.9 Å². The first-order valence-electron chi connectivity index (χ1n) is 10.1. The van der Waals surface area contributed by atoms with Gasteiger partial charge < -0.3 is 25.4 Å². The van der Waals surface area contributed by atoms with Gasteiger partial charge in [0.1, 0.15) is 5.75 Å². The third kappa shape index (κ3) is 9.69. The van der Waals surface area contributed by atoms with Gasteiger partial charge in [0.05, 0.1) is 12.6 Å². The van der Waals surface area contributed by atoms with Crippen molar-refractivity contribution in [2.45, 2.75) is 51.6 Å². The molecular formula is C20H32F3IN4O2. The fourth-order valence-corrected chi connectivity index (χ4v) is 3.31. The maximum atomic E-state index is 12.2. The van der Waals surface area contributed by atoms with Crippen LogP contribution >= 0.6 is 24.0 Å². The van der Waals surface area contributed by atoms with Crippen LogP contribution in [0.1, 0.15) is 44.8 Å². The van der Waals surface area contributed by atoms with E-state index in [0.29, 0.717) is 24.1 Å². The van der Waals surface area contributed by atoms with E-state index < -0.39 is 12.5 Å². The van der Waals surface area contributed by atoms with Gasteiger partial charge in [0.25, 0.3) is 0 Å². The summed E-state index contributed by atoms with van der Waals surface area (Å²) in [6.45, 7) is 8.18. The fraction of sp³-hybridized carbons (Fsp3) is 0.650. The molecule has 1 aliphatic rings. The summed E-state index contributed by atoms with van der Waals surface area (Å²) in [7, 11) is 0. The zero-order valence-corrected chi connectivity index (χ0v) is 19.7. The van der Waals surface area contributed by atoms with Crippen molar-refractivity contribution in [2.24, 2.45) is 4.99 Å². The second-order valence-corrected chi connectivity index (χ2v) is 7.11. The second kappa shape index (κ2) is 13.2. The van der Waals surface area contributed by atoms with Gasteiger partial charge in [-0.3, -0.25) is 4.99 Å². The number of hydrogen-bond donors (Lipinski definition) is 3. The maximum absolute atomic E-state index is 12.2. The molecule has 1 aliphatic heterocycles. The molecule has 3 N–H and O–H groups in total. The molecule has 1 fully saturated rings. The van der Waals surface area contributed by atoms with Crippen molar-refractivity contribution in [3.63, 3.8) is 0 Å². The molecule has 0 radical (unpaired) electrons. The third-order valence-corrected chi connectivity index (χ3v) is 4.73. The summed E-state index contributed by atoms with van der Waals surface area (Å²) in [5.41, 5.74) is 0.479. The molecule has 1 unspecified atom stereocenters. The number of piperidine rings is 1. The van der Waals surface area contributed by atoms with Crippen LogP contribution < -0.4 is 15.4 Å². The van der Waals surface area contributed by atoms with E-state index in [4.69, 9.17) is 0 Å². The summed E-state index contributed by atoms with van der Waals surface area (Å²) in [5, 5.41) is 16.9. The van der Waals surface area contributed by atoms with Gasteiger partial charge in [0, 0.05) is 25.7 Å². The highest BCUT2D eigenvalue weighted by atomic mass is 127. The summed E-state index contributed by atoms with van der Waals surface area (Å²) in [6, 6.07) is 5.51. The van der Waals surface area contributed by atoms with Gasteiger partial charge in [0.15, 0.2) is 5.96 Å². The first-order chi connectivity index (χ1) is 13.8. The van der Waals surface area contributed by atoms with E-state index in [1.807, 2.05) is 6.92 Å². The number of nitrogens with zero attached hydrogens (tertiary/aromatic N) is 2. The SMILES string of the molecule is CCCN1CCC(NC(=NCC(O)c2ccc(OC(F)(F)F)cc2)NCC)CC1.I. The monoisotopic (exact) mass is 544 g/mol. The molecule has 1 aromatic carbocycles. The van der Waals surface area contributed by atoms with E-state index >= 15 is 0 Å². The number of aliphatic hydroxyl groups is 1. The molecule has 1 atom stereocenters. The molecule has 6 nitrogen and oxygen atoms in total. The minimum atomic E-state index is -4.73. The summed E-state index contributed by atoms with van der Waals surface area (Å²) < 4.78 is 40.5. The van der Waals surface area contributed by atoms with Gasteiger partial charge in [-0.25, -0.2) is 0 Å². The van der Waals surface area contributed by atoms with Gasteiger partial charge in [-0.05, 0) is 50.4 Å². The minimum absolute atomic E-state index is 0. The van der Waals surface area contributed by atoms with Crippen LogP contribution in [0.3, 0.4) is 0 Å². The molecule has 0 aliphatic carbocycles. The Morgan fingerprint density at radius 1 is 1.23 bits per heavy atom. The van der Waals surface area contributed by atoms with E-state index in [-0.39, 0.29) is 36.3 Å². The lowest BCUT2D eigenvalue weighted by molar-refractivity contribution is -0.274. The number of likely N-dealkylation sites (tertiary alicyclic amines) is 1. The number of hydrogen-bond acceptors (Lipinski definition) is 4. The van der Waals surface area contributed by atoms with Crippen LogP contribution in [0.5, 0.6) is 5.75 Å². The number of ether oxygens (including phenoxy) is 1.